The van der Waals surface area contributed by atoms with Crippen LogP contribution >= 0.6 is 15.9 Å². The summed E-state index contributed by atoms with van der Waals surface area (Å²) in [6.07, 6.45) is -7.46. The van der Waals surface area contributed by atoms with Crippen molar-refractivity contribution in [2.75, 3.05) is 0 Å². The molecule has 1 aromatic rings. The molecule has 1 rings (SSSR count). The Labute approximate surface area is 107 Å². The van der Waals surface area contributed by atoms with Gasteiger partial charge in [-0.2, -0.15) is 0 Å². The maximum atomic E-state index is 12.8. The molecule has 102 valence electrons. The van der Waals surface area contributed by atoms with Gasteiger partial charge in [0.05, 0.1) is 17.9 Å². The van der Waals surface area contributed by atoms with E-state index >= 15 is 0 Å². The summed E-state index contributed by atoms with van der Waals surface area (Å²) in [7, 11) is 0. The average molecular weight is 336 g/mol. The van der Waals surface area contributed by atoms with Crippen LogP contribution in [0.1, 0.15) is 23.2 Å². The highest BCUT2D eigenvalue weighted by molar-refractivity contribution is 9.08. The zero-order valence-corrected chi connectivity index (χ0v) is 10.2. The molecule has 1 N–H and O–H groups in total. The Kier molecular flexibility index (Phi) is 4.85. The second-order valence-electron chi connectivity index (χ2n) is 3.11. The average Bonchev–Trinajstić information content (AvgIpc) is 2.25. The second-order valence-corrected chi connectivity index (χ2v) is 3.67. The maximum Gasteiger partial charge on any atom is 0.573 e. The van der Waals surface area contributed by atoms with Gasteiger partial charge in [-0.15, -0.1) is 13.2 Å². The van der Waals surface area contributed by atoms with E-state index < -0.39 is 36.3 Å². The Morgan fingerprint density at radius 3 is 2.39 bits per heavy atom. The Morgan fingerprint density at radius 1 is 1.39 bits per heavy atom. The highest BCUT2D eigenvalue weighted by Crippen LogP contribution is 2.38. The van der Waals surface area contributed by atoms with Crippen LogP contribution in [0.4, 0.5) is 22.0 Å². The maximum absolute atomic E-state index is 12.8. The fourth-order valence-electron chi connectivity index (χ4n) is 1.27. The van der Waals surface area contributed by atoms with E-state index in [9.17, 15) is 22.0 Å². The lowest BCUT2D eigenvalue weighted by Crippen LogP contribution is -2.20. The van der Waals surface area contributed by atoms with Gasteiger partial charge in [-0.1, -0.05) is 15.9 Å². The highest BCUT2D eigenvalue weighted by Gasteiger charge is 2.35. The topological polar surface area (TPSA) is 42.4 Å². The number of rotatable bonds is 4. The quantitative estimate of drug-likeness (QED) is 0.678. The van der Waals surface area contributed by atoms with Gasteiger partial charge >= 0.3 is 6.36 Å². The van der Waals surface area contributed by atoms with E-state index in [0.717, 1.165) is 6.20 Å². The van der Waals surface area contributed by atoms with Crippen LogP contribution in [0, 0.1) is 0 Å². The van der Waals surface area contributed by atoms with Crippen LogP contribution in [0.15, 0.2) is 6.20 Å². The molecular weight excluding hydrogens is 329 g/mol. The molecule has 0 unspecified atom stereocenters. The molecule has 18 heavy (non-hydrogen) atoms. The monoisotopic (exact) mass is 335 g/mol. The minimum Gasteiger partial charge on any atom is -0.405 e. The SMILES string of the molecule is OCc1cnc(CBr)c(C(F)F)c1OC(F)(F)F. The summed E-state index contributed by atoms with van der Waals surface area (Å²) >= 11 is 2.84. The van der Waals surface area contributed by atoms with E-state index in [-0.39, 0.29) is 11.0 Å². The standard InChI is InChI=1S/C9H7BrF5NO2/c10-1-5-6(8(11)12)7(18-9(13,14)15)4(3-17)2-16-5/h2,8,17H,1,3H2. The first kappa shape index (κ1) is 15.1. The van der Waals surface area contributed by atoms with E-state index in [1.165, 1.54) is 0 Å². The van der Waals surface area contributed by atoms with Crippen molar-refractivity contribution < 1.29 is 31.8 Å². The van der Waals surface area contributed by atoms with Crippen molar-refractivity contribution in [2.45, 2.75) is 24.7 Å². The number of ether oxygens (including phenoxy) is 1. The molecule has 1 heterocycles. The van der Waals surface area contributed by atoms with Gasteiger partial charge in [-0.25, -0.2) is 8.78 Å². The van der Waals surface area contributed by atoms with E-state index in [1.54, 1.807) is 0 Å². The van der Waals surface area contributed by atoms with E-state index in [0.29, 0.717) is 0 Å². The lowest BCUT2D eigenvalue weighted by atomic mass is 10.1. The van der Waals surface area contributed by atoms with E-state index in [4.69, 9.17) is 5.11 Å². The molecule has 0 atom stereocenters. The lowest BCUT2D eigenvalue weighted by molar-refractivity contribution is -0.275. The summed E-state index contributed by atoms with van der Waals surface area (Å²) in [5, 5.41) is 8.68. The minimum absolute atomic E-state index is 0.160. The highest BCUT2D eigenvalue weighted by atomic mass is 79.9. The van der Waals surface area contributed by atoms with Crippen molar-refractivity contribution in [1.29, 1.82) is 0 Å². The van der Waals surface area contributed by atoms with Gasteiger partial charge in [0.1, 0.15) is 5.75 Å². The smallest absolute Gasteiger partial charge is 0.405 e. The summed E-state index contributed by atoms with van der Waals surface area (Å²) in [5.74, 6) is -1.09. The Morgan fingerprint density at radius 2 is 2.00 bits per heavy atom. The van der Waals surface area contributed by atoms with Gasteiger partial charge in [0, 0.05) is 17.1 Å². The number of halogens is 6. The van der Waals surface area contributed by atoms with Gasteiger partial charge in [0.2, 0.25) is 0 Å². The number of aliphatic hydroxyl groups is 1. The first-order valence-corrected chi connectivity index (χ1v) is 5.63. The number of nitrogens with zero attached hydrogens (tertiary/aromatic N) is 1. The van der Waals surface area contributed by atoms with Crippen molar-refractivity contribution in [2.24, 2.45) is 0 Å². The molecule has 3 nitrogen and oxygen atoms in total. The largest absolute Gasteiger partial charge is 0.573 e. The number of alkyl halides is 6. The molecule has 9 heteroatoms. The van der Waals surface area contributed by atoms with Crippen LogP contribution in [0.5, 0.6) is 5.75 Å². The Balaban J connectivity index is 3.40. The summed E-state index contributed by atoms with van der Waals surface area (Å²) in [6, 6.07) is 0. The molecule has 0 bridgehead atoms. The second kappa shape index (κ2) is 5.79. The summed E-state index contributed by atoms with van der Waals surface area (Å²) < 4.78 is 65.6. The van der Waals surface area contributed by atoms with Gasteiger partial charge < -0.3 is 9.84 Å². The normalized spacial score (nSPS) is 12.0. The number of aliphatic hydroxyl groups excluding tert-OH is 1. The van der Waals surface area contributed by atoms with Gasteiger partial charge in [0.25, 0.3) is 6.43 Å². The van der Waals surface area contributed by atoms with Crippen LogP contribution in [0.2, 0.25) is 0 Å². The van der Waals surface area contributed by atoms with Crippen molar-refractivity contribution in [3.63, 3.8) is 0 Å². The van der Waals surface area contributed by atoms with E-state index in [2.05, 4.69) is 25.7 Å². The number of hydrogen-bond acceptors (Lipinski definition) is 3. The summed E-state index contributed by atoms with van der Waals surface area (Å²) in [4.78, 5) is 3.55. The fraction of sp³-hybridized carbons (Fsp3) is 0.444. The number of aromatic nitrogens is 1. The third kappa shape index (κ3) is 3.52. The molecular formula is C9H7BrF5NO2. The minimum atomic E-state index is -5.13. The number of pyridine rings is 1. The molecule has 0 spiro atoms. The van der Waals surface area contributed by atoms with Crippen molar-refractivity contribution >= 4 is 15.9 Å². The fourth-order valence-corrected chi connectivity index (χ4v) is 1.72. The van der Waals surface area contributed by atoms with Crippen LogP contribution in [0.3, 0.4) is 0 Å². The van der Waals surface area contributed by atoms with Gasteiger partial charge in [0.15, 0.2) is 0 Å². The van der Waals surface area contributed by atoms with Gasteiger partial charge in [-0.05, 0) is 0 Å². The van der Waals surface area contributed by atoms with Crippen LogP contribution in [0.25, 0.3) is 0 Å². The third-order valence-corrected chi connectivity index (χ3v) is 2.49. The summed E-state index contributed by atoms with van der Waals surface area (Å²) in [5.41, 5.74) is -1.70. The lowest BCUT2D eigenvalue weighted by Gasteiger charge is -2.17. The predicted octanol–water partition coefficient (Wildman–Crippen LogP) is 3.31. The van der Waals surface area contributed by atoms with Crippen LogP contribution in [-0.2, 0) is 11.9 Å². The third-order valence-electron chi connectivity index (χ3n) is 1.96. The van der Waals surface area contributed by atoms with Gasteiger partial charge in [-0.3, -0.25) is 4.98 Å². The molecule has 0 aliphatic heterocycles. The molecule has 0 radical (unpaired) electrons. The van der Waals surface area contributed by atoms with E-state index in [1.807, 2.05) is 0 Å². The number of hydrogen-bond donors (Lipinski definition) is 1. The predicted molar refractivity (Wildman–Crippen MR) is 54.4 cm³/mol. The van der Waals surface area contributed by atoms with Crippen molar-refractivity contribution in [1.82, 2.24) is 4.98 Å². The molecule has 0 aromatic carbocycles. The Hall–Kier alpha value is -0.960. The first-order valence-electron chi connectivity index (χ1n) is 4.51. The zero-order valence-electron chi connectivity index (χ0n) is 8.64. The molecule has 0 aliphatic carbocycles. The van der Waals surface area contributed by atoms with Crippen LogP contribution < -0.4 is 4.74 Å². The molecule has 0 aliphatic rings. The van der Waals surface area contributed by atoms with Crippen molar-refractivity contribution in [3.05, 3.63) is 23.0 Å². The molecule has 1 aromatic heterocycles. The Bertz CT molecular complexity index is 424. The molecule has 0 saturated carbocycles. The zero-order chi connectivity index (χ0) is 13.9. The first-order chi connectivity index (χ1) is 8.30. The molecule has 0 saturated heterocycles. The van der Waals surface area contributed by atoms with Crippen molar-refractivity contribution in [3.8, 4) is 5.75 Å². The summed E-state index contributed by atoms with van der Waals surface area (Å²) in [6.45, 7) is -0.888. The molecule has 0 amide bonds. The van der Waals surface area contributed by atoms with Crippen LogP contribution in [-0.4, -0.2) is 16.5 Å². The molecule has 0 fully saturated rings.